The second-order valence-corrected chi connectivity index (χ2v) is 5.37. The molecule has 0 saturated heterocycles. The Bertz CT molecular complexity index is 461. The van der Waals surface area contributed by atoms with E-state index in [1.807, 2.05) is 6.92 Å². The van der Waals surface area contributed by atoms with Gasteiger partial charge in [-0.05, 0) is 63.6 Å². The zero-order valence-corrected chi connectivity index (χ0v) is 14.0. The van der Waals surface area contributed by atoms with Gasteiger partial charge in [0.05, 0.1) is 0 Å². The van der Waals surface area contributed by atoms with Crippen LogP contribution >= 0.6 is 0 Å². The second kappa shape index (κ2) is 10.3. The van der Waals surface area contributed by atoms with E-state index in [0.29, 0.717) is 5.92 Å². The van der Waals surface area contributed by atoms with E-state index in [0.717, 1.165) is 6.42 Å². The molecule has 0 N–H and O–H groups in total. The maximum atomic E-state index is 3.36. The molecule has 1 aromatic carbocycles. The van der Waals surface area contributed by atoms with Crippen LogP contribution in [-0.4, -0.2) is 0 Å². The lowest BCUT2D eigenvalue weighted by Crippen LogP contribution is -2.01. The molecular weight excluding hydrogens is 240 g/mol. The van der Waals surface area contributed by atoms with Gasteiger partial charge in [0, 0.05) is 0 Å². The van der Waals surface area contributed by atoms with Gasteiger partial charge in [-0.15, -0.1) is 6.58 Å². The smallest absolute Gasteiger partial charge is 0.0191 e. The first kappa shape index (κ1) is 18.4. The molecule has 0 heterocycles. The van der Waals surface area contributed by atoms with E-state index in [-0.39, 0.29) is 0 Å². The van der Waals surface area contributed by atoms with Crippen molar-refractivity contribution < 1.29 is 0 Å². The Kier molecular flexibility index (Phi) is 9.45. The Labute approximate surface area is 125 Å². The van der Waals surface area contributed by atoms with Crippen molar-refractivity contribution >= 4 is 0 Å². The summed E-state index contributed by atoms with van der Waals surface area (Å²) in [6, 6.07) is 6.79. The fraction of sp³-hybridized carbons (Fsp3) is 0.400. The molecule has 0 spiro atoms. The monoisotopic (exact) mass is 270 g/mol. The summed E-state index contributed by atoms with van der Waals surface area (Å²) in [4.78, 5) is 0. The van der Waals surface area contributed by atoms with E-state index in [1.54, 1.807) is 6.08 Å². The number of allylic oxidation sites excluding steroid dienone is 5. The molecule has 0 saturated carbocycles. The lowest BCUT2D eigenvalue weighted by atomic mass is 9.93. The molecule has 0 radical (unpaired) electrons. The van der Waals surface area contributed by atoms with Crippen molar-refractivity contribution in [2.24, 2.45) is 5.92 Å². The SMILES string of the molecule is C/C=C\C=C(/C)C(C)Cc1ccc(C)c(C)c1.C=CC. The van der Waals surface area contributed by atoms with Crippen LogP contribution in [-0.2, 0) is 6.42 Å². The summed E-state index contributed by atoms with van der Waals surface area (Å²) >= 11 is 0. The predicted octanol–water partition coefficient (Wildman–Crippen LogP) is 6.20. The Hall–Kier alpha value is -1.56. The van der Waals surface area contributed by atoms with Gasteiger partial charge in [0.2, 0.25) is 0 Å². The van der Waals surface area contributed by atoms with Gasteiger partial charge >= 0.3 is 0 Å². The van der Waals surface area contributed by atoms with Crippen LogP contribution < -0.4 is 0 Å². The summed E-state index contributed by atoms with van der Waals surface area (Å²) in [5.74, 6) is 0.605. The first-order valence-corrected chi connectivity index (χ1v) is 7.38. The Morgan fingerprint density at radius 2 is 1.80 bits per heavy atom. The fourth-order valence-corrected chi connectivity index (χ4v) is 1.86. The van der Waals surface area contributed by atoms with E-state index >= 15 is 0 Å². The van der Waals surface area contributed by atoms with E-state index in [2.05, 4.69) is 77.6 Å². The zero-order chi connectivity index (χ0) is 15.5. The second-order valence-electron chi connectivity index (χ2n) is 5.37. The van der Waals surface area contributed by atoms with Crippen molar-refractivity contribution in [2.75, 3.05) is 0 Å². The zero-order valence-electron chi connectivity index (χ0n) is 14.0. The third-order valence-corrected chi connectivity index (χ3v) is 3.44. The molecule has 1 aromatic rings. The molecule has 0 heteroatoms. The van der Waals surface area contributed by atoms with Gasteiger partial charge in [0.25, 0.3) is 0 Å². The molecule has 20 heavy (non-hydrogen) atoms. The standard InChI is InChI=1S/C17H24.C3H6/c1-6-7-8-13(2)15(4)11-17-10-9-14(3)16(5)12-17;1-3-2/h6-10,12,15H,11H2,1-5H3;3H,1H2,2H3/b7-6-,13-8+;. The van der Waals surface area contributed by atoms with Crippen molar-refractivity contribution in [3.63, 3.8) is 0 Å². The number of aryl methyl sites for hydroxylation is 2. The fourth-order valence-electron chi connectivity index (χ4n) is 1.86. The highest BCUT2D eigenvalue weighted by atomic mass is 14.1. The third kappa shape index (κ3) is 7.13. The van der Waals surface area contributed by atoms with Gasteiger partial charge in [-0.25, -0.2) is 0 Å². The molecular formula is C20H30. The lowest BCUT2D eigenvalue weighted by Gasteiger charge is -2.13. The summed E-state index contributed by atoms with van der Waals surface area (Å²) in [5.41, 5.74) is 5.66. The average molecular weight is 270 g/mol. The number of hydrogen-bond acceptors (Lipinski definition) is 0. The third-order valence-electron chi connectivity index (χ3n) is 3.44. The van der Waals surface area contributed by atoms with Crippen LogP contribution in [0.15, 0.2) is 54.7 Å². The Balaban J connectivity index is 0.00000110. The topological polar surface area (TPSA) is 0 Å². The minimum absolute atomic E-state index is 0.605. The van der Waals surface area contributed by atoms with Crippen molar-refractivity contribution in [2.45, 2.75) is 48.0 Å². The van der Waals surface area contributed by atoms with Gasteiger partial charge in [-0.2, -0.15) is 0 Å². The Morgan fingerprint density at radius 3 is 2.30 bits per heavy atom. The van der Waals surface area contributed by atoms with Crippen LogP contribution in [0, 0.1) is 19.8 Å². The first-order valence-electron chi connectivity index (χ1n) is 7.38. The van der Waals surface area contributed by atoms with Gasteiger partial charge in [-0.1, -0.05) is 55.0 Å². The van der Waals surface area contributed by atoms with Crippen LogP contribution in [0.1, 0.15) is 44.4 Å². The summed E-state index contributed by atoms with van der Waals surface area (Å²) < 4.78 is 0. The predicted molar refractivity (Wildman–Crippen MR) is 93.2 cm³/mol. The van der Waals surface area contributed by atoms with Gasteiger partial charge in [0.1, 0.15) is 0 Å². The Morgan fingerprint density at radius 1 is 1.20 bits per heavy atom. The molecule has 0 nitrogen and oxygen atoms in total. The molecule has 0 aliphatic rings. The van der Waals surface area contributed by atoms with Gasteiger partial charge < -0.3 is 0 Å². The minimum Gasteiger partial charge on any atom is -0.103 e. The number of benzene rings is 1. The largest absolute Gasteiger partial charge is 0.103 e. The van der Waals surface area contributed by atoms with Crippen molar-refractivity contribution in [1.29, 1.82) is 0 Å². The molecule has 1 rings (SSSR count). The molecule has 0 amide bonds. The number of hydrogen-bond donors (Lipinski definition) is 0. The first-order chi connectivity index (χ1) is 9.46. The molecule has 1 unspecified atom stereocenters. The molecule has 0 fully saturated rings. The van der Waals surface area contributed by atoms with Gasteiger partial charge in [-0.3, -0.25) is 0 Å². The summed E-state index contributed by atoms with van der Waals surface area (Å²) in [6.45, 7) is 16.2. The maximum absolute atomic E-state index is 3.36. The van der Waals surface area contributed by atoms with Crippen LogP contribution in [0.4, 0.5) is 0 Å². The van der Waals surface area contributed by atoms with E-state index < -0.39 is 0 Å². The van der Waals surface area contributed by atoms with Crippen molar-refractivity contribution in [3.8, 4) is 0 Å². The molecule has 110 valence electrons. The van der Waals surface area contributed by atoms with Crippen LogP contribution in [0.5, 0.6) is 0 Å². The highest BCUT2D eigenvalue weighted by Gasteiger charge is 2.05. The highest BCUT2D eigenvalue weighted by Crippen LogP contribution is 2.18. The van der Waals surface area contributed by atoms with Gasteiger partial charge in [0.15, 0.2) is 0 Å². The van der Waals surface area contributed by atoms with Crippen molar-refractivity contribution in [1.82, 2.24) is 0 Å². The van der Waals surface area contributed by atoms with Crippen LogP contribution in [0.25, 0.3) is 0 Å². The minimum atomic E-state index is 0.605. The van der Waals surface area contributed by atoms with E-state index in [1.165, 1.54) is 22.3 Å². The molecule has 0 aliphatic carbocycles. The molecule has 1 atom stereocenters. The number of rotatable bonds is 4. The summed E-state index contributed by atoms with van der Waals surface area (Å²) in [6.07, 6.45) is 9.28. The molecule has 0 bridgehead atoms. The highest BCUT2D eigenvalue weighted by molar-refractivity contribution is 5.30. The maximum Gasteiger partial charge on any atom is -0.0191 e. The normalized spacial score (nSPS) is 12.8. The van der Waals surface area contributed by atoms with Crippen LogP contribution in [0.2, 0.25) is 0 Å². The van der Waals surface area contributed by atoms with E-state index in [4.69, 9.17) is 0 Å². The quantitative estimate of drug-likeness (QED) is 0.451. The molecule has 0 aromatic heterocycles. The summed E-state index contributed by atoms with van der Waals surface area (Å²) in [7, 11) is 0. The van der Waals surface area contributed by atoms with Crippen LogP contribution in [0.3, 0.4) is 0 Å². The lowest BCUT2D eigenvalue weighted by molar-refractivity contribution is 0.677. The van der Waals surface area contributed by atoms with E-state index in [9.17, 15) is 0 Å². The van der Waals surface area contributed by atoms with Crippen molar-refractivity contribution in [3.05, 3.63) is 71.3 Å². The molecule has 0 aliphatic heterocycles. The average Bonchev–Trinajstić information content (AvgIpc) is 2.41. The summed E-state index contributed by atoms with van der Waals surface area (Å²) in [5, 5.41) is 0.